The summed E-state index contributed by atoms with van der Waals surface area (Å²) in [4.78, 5) is 22.7. The monoisotopic (exact) mass is 422 g/mol. The lowest BCUT2D eigenvalue weighted by Gasteiger charge is -2.16. The van der Waals surface area contributed by atoms with Crippen molar-refractivity contribution in [1.82, 2.24) is 16.2 Å². The summed E-state index contributed by atoms with van der Waals surface area (Å²) in [6, 6.07) is 11.7. The Morgan fingerprint density at radius 2 is 1.93 bits per heavy atom. The molecule has 148 valence electrons. The standard InChI is InChI=1S/C18H19ClN4O4S/c1-11-3-8-16(15(9-11)23(25)26)27-12(2)17(24)21-22-18(28)20-10-13-4-6-14(19)7-5-13/h3-9,12H,10H2,1-2H3,(H,21,24)(H2,20,22,28)/t12-/m0/s1. The fourth-order valence-corrected chi connectivity index (χ4v) is 2.41. The van der Waals surface area contributed by atoms with Crippen molar-refractivity contribution in [1.29, 1.82) is 0 Å². The molecule has 2 rings (SSSR count). The molecule has 0 aliphatic carbocycles. The number of hydrogen-bond acceptors (Lipinski definition) is 5. The van der Waals surface area contributed by atoms with Crippen LogP contribution in [-0.2, 0) is 11.3 Å². The molecule has 0 radical (unpaired) electrons. The van der Waals surface area contributed by atoms with Crippen molar-refractivity contribution >= 4 is 40.5 Å². The Bertz CT molecular complexity index is 876. The Morgan fingerprint density at radius 1 is 1.25 bits per heavy atom. The second-order valence-corrected chi connectivity index (χ2v) is 6.76. The summed E-state index contributed by atoms with van der Waals surface area (Å²) in [5.41, 5.74) is 6.44. The fraction of sp³-hybridized carbons (Fsp3) is 0.222. The van der Waals surface area contributed by atoms with Gasteiger partial charge in [0.1, 0.15) is 0 Å². The third-order valence-electron chi connectivity index (χ3n) is 3.65. The van der Waals surface area contributed by atoms with E-state index in [4.69, 9.17) is 28.6 Å². The van der Waals surface area contributed by atoms with Gasteiger partial charge in [0.05, 0.1) is 4.92 Å². The van der Waals surface area contributed by atoms with Crippen molar-refractivity contribution in [2.75, 3.05) is 0 Å². The lowest BCUT2D eigenvalue weighted by Crippen LogP contribution is -2.50. The summed E-state index contributed by atoms with van der Waals surface area (Å²) in [6.45, 7) is 3.65. The molecule has 2 aromatic carbocycles. The molecule has 0 saturated heterocycles. The van der Waals surface area contributed by atoms with Gasteiger partial charge >= 0.3 is 5.69 Å². The van der Waals surface area contributed by atoms with E-state index in [2.05, 4.69) is 16.2 Å². The van der Waals surface area contributed by atoms with E-state index < -0.39 is 16.9 Å². The number of thiocarbonyl (C=S) groups is 1. The Hall–Kier alpha value is -2.91. The van der Waals surface area contributed by atoms with Crippen LogP contribution in [0, 0.1) is 17.0 Å². The second-order valence-electron chi connectivity index (χ2n) is 5.91. The number of halogens is 1. The number of hydrogen-bond donors (Lipinski definition) is 3. The second kappa shape index (κ2) is 9.86. The summed E-state index contributed by atoms with van der Waals surface area (Å²) in [7, 11) is 0. The lowest BCUT2D eigenvalue weighted by molar-refractivity contribution is -0.386. The first-order chi connectivity index (χ1) is 13.3. The van der Waals surface area contributed by atoms with E-state index in [0.717, 1.165) is 11.1 Å². The van der Waals surface area contributed by atoms with E-state index in [1.807, 2.05) is 12.1 Å². The van der Waals surface area contributed by atoms with Gasteiger partial charge in [-0.05, 0) is 55.4 Å². The van der Waals surface area contributed by atoms with Gasteiger partial charge < -0.3 is 10.1 Å². The van der Waals surface area contributed by atoms with Crippen molar-refractivity contribution in [3.8, 4) is 5.75 Å². The molecular weight excluding hydrogens is 404 g/mol. The SMILES string of the molecule is Cc1ccc(O[C@@H](C)C(=O)NNC(=S)NCc2ccc(Cl)cc2)c([N+](=O)[O-])c1. The molecule has 0 saturated carbocycles. The lowest BCUT2D eigenvalue weighted by atomic mass is 10.2. The van der Waals surface area contributed by atoms with Crippen LogP contribution in [0.15, 0.2) is 42.5 Å². The fourth-order valence-electron chi connectivity index (χ4n) is 2.16. The number of aryl methyl sites for hydroxylation is 1. The first-order valence-corrected chi connectivity index (χ1v) is 9.04. The molecular formula is C18H19ClN4O4S. The van der Waals surface area contributed by atoms with Gasteiger partial charge in [-0.3, -0.25) is 25.8 Å². The molecule has 8 nitrogen and oxygen atoms in total. The average molecular weight is 423 g/mol. The zero-order valence-electron chi connectivity index (χ0n) is 15.2. The van der Waals surface area contributed by atoms with Crippen LogP contribution in [0.2, 0.25) is 5.02 Å². The highest BCUT2D eigenvalue weighted by Gasteiger charge is 2.21. The number of rotatable bonds is 6. The van der Waals surface area contributed by atoms with Gasteiger partial charge in [-0.15, -0.1) is 0 Å². The Labute approximate surface area is 172 Å². The highest BCUT2D eigenvalue weighted by Crippen LogP contribution is 2.28. The molecule has 0 aliphatic rings. The van der Waals surface area contributed by atoms with Crippen LogP contribution in [0.3, 0.4) is 0 Å². The minimum Gasteiger partial charge on any atom is -0.474 e. The first-order valence-electron chi connectivity index (χ1n) is 8.26. The van der Waals surface area contributed by atoms with Crippen LogP contribution in [0.25, 0.3) is 0 Å². The minimum absolute atomic E-state index is 0.0155. The van der Waals surface area contributed by atoms with E-state index in [-0.39, 0.29) is 16.5 Å². The van der Waals surface area contributed by atoms with Gasteiger partial charge in [-0.2, -0.15) is 0 Å². The number of amides is 1. The Balaban J connectivity index is 1.83. The zero-order valence-corrected chi connectivity index (χ0v) is 16.8. The summed E-state index contributed by atoms with van der Waals surface area (Å²) in [5.74, 6) is -0.521. The summed E-state index contributed by atoms with van der Waals surface area (Å²) < 4.78 is 5.43. The van der Waals surface area contributed by atoms with Crippen molar-refractivity contribution in [3.63, 3.8) is 0 Å². The zero-order chi connectivity index (χ0) is 20.7. The molecule has 3 N–H and O–H groups in total. The van der Waals surface area contributed by atoms with Gasteiger partial charge in [-0.1, -0.05) is 29.8 Å². The molecule has 28 heavy (non-hydrogen) atoms. The predicted octanol–water partition coefficient (Wildman–Crippen LogP) is 3.02. The van der Waals surface area contributed by atoms with E-state index in [9.17, 15) is 14.9 Å². The number of nitro groups is 1. The van der Waals surface area contributed by atoms with E-state index in [1.54, 1.807) is 25.1 Å². The van der Waals surface area contributed by atoms with Gasteiger partial charge in [0.2, 0.25) is 0 Å². The van der Waals surface area contributed by atoms with Crippen LogP contribution in [-0.4, -0.2) is 22.0 Å². The van der Waals surface area contributed by atoms with Crippen LogP contribution in [0.4, 0.5) is 5.69 Å². The smallest absolute Gasteiger partial charge is 0.311 e. The number of benzene rings is 2. The van der Waals surface area contributed by atoms with Crippen molar-refractivity contribution in [3.05, 3.63) is 68.7 Å². The maximum absolute atomic E-state index is 12.1. The summed E-state index contributed by atoms with van der Waals surface area (Å²) in [5, 5.41) is 14.9. The number of nitrogens with one attached hydrogen (secondary N) is 3. The highest BCUT2D eigenvalue weighted by molar-refractivity contribution is 7.80. The van der Waals surface area contributed by atoms with E-state index >= 15 is 0 Å². The number of carbonyl (C=O) groups is 1. The molecule has 0 heterocycles. The Kier molecular flexibility index (Phi) is 7.53. The topological polar surface area (TPSA) is 106 Å². The molecule has 0 aliphatic heterocycles. The third-order valence-corrected chi connectivity index (χ3v) is 4.15. The maximum atomic E-state index is 12.1. The first kappa shape index (κ1) is 21.4. The quantitative estimate of drug-likeness (QED) is 0.373. The largest absolute Gasteiger partial charge is 0.474 e. The molecule has 2 aromatic rings. The maximum Gasteiger partial charge on any atom is 0.311 e. The molecule has 0 aromatic heterocycles. The van der Waals surface area contributed by atoms with Crippen LogP contribution >= 0.6 is 23.8 Å². The minimum atomic E-state index is -0.979. The summed E-state index contributed by atoms with van der Waals surface area (Å²) >= 11 is 10.9. The van der Waals surface area contributed by atoms with E-state index in [1.165, 1.54) is 19.1 Å². The van der Waals surface area contributed by atoms with Crippen molar-refractivity contribution in [2.45, 2.75) is 26.5 Å². The number of hydrazine groups is 1. The van der Waals surface area contributed by atoms with Crippen molar-refractivity contribution in [2.24, 2.45) is 0 Å². The molecule has 0 unspecified atom stereocenters. The van der Waals surface area contributed by atoms with Gasteiger partial charge in [0, 0.05) is 17.6 Å². The van der Waals surface area contributed by atoms with Crippen molar-refractivity contribution < 1.29 is 14.5 Å². The molecule has 0 bridgehead atoms. The molecule has 0 spiro atoms. The molecule has 10 heteroatoms. The summed E-state index contributed by atoms with van der Waals surface area (Å²) in [6.07, 6.45) is -0.979. The number of nitrogens with zero attached hydrogens (tertiary/aromatic N) is 1. The van der Waals surface area contributed by atoms with Crippen LogP contribution < -0.4 is 20.9 Å². The molecule has 0 fully saturated rings. The number of nitro benzene ring substituents is 1. The normalized spacial score (nSPS) is 11.2. The van der Waals surface area contributed by atoms with Gasteiger partial charge in [0.25, 0.3) is 5.91 Å². The molecule has 1 amide bonds. The molecule has 1 atom stereocenters. The third kappa shape index (κ3) is 6.36. The van der Waals surface area contributed by atoms with Crippen LogP contribution in [0.1, 0.15) is 18.1 Å². The average Bonchev–Trinajstić information content (AvgIpc) is 2.66. The Morgan fingerprint density at radius 3 is 2.57 bits per heavy atom. The number of carbonyl (C=O) groups excluding carboxylic acids is 1. The van der Waals surface area contributed by atoms with Crippen LogP contribution in [0.5, 0.6) is 5.75 Å². The predicted molar refractivity (Wildman–Crippen MR) is 110 cm³/mol. The number of ether oxygens (including phenoxy) is 1. The highest BCUT2D eigenvalue weighted by atomic mass is 35.5. The van der Waals surface area contributed by atoms with Gasteiger partial charge in [-0.25, -0.2) is 0 Å². The van der Waals surface area contributed by atoms with Gasteiger partial charge in [0.15, 0.2) is 17.0 Å². The van der Waals surface area contributed by atoms with E-state index in [0.29, 0.717) is 11.6 Å².